The quantitative estimate of drug-likeness (QED) is 0.779. The Morgan fingerprint density at radius 2 is 1.62 bits per heavy atom. The van der Waals surface area contributed by atoms with E-state index in [9.17, 15) is 13.6 Å². The molecule has 3 nitrogen and oxygen atoms in total. The summed E-state index contributed by atoms with van der Waals surface area (Å²) in [6, 6.07) is 13.6. The van der Waals surface area contributed by atoms with Crippen LogP contribution >= 0.6 is 0 Å². The number of carbonyl (C=O) groups is 1. The molecule has 5 heteroatoms. The zero-order valence-corrected chi connectivity index (χ0v) is 14.4. The molecule has 0 spiro atoms. The highest BCUT2D eigenvalue weighted by atomic mass is 19.1. The molecular weight excluding hydrogens is 336 g/mol. The number of rotatable bonds is 4. The molecule has 2 aromatic carbocycles. The predicted octanol–water partition coefficient (Wildman–Crippen LogP) is 3.83. The number of morpholine rings is 1. The standard InChI is InChI=1S/C21H21F2NO2/c22-17-6-15(7-18(23)10-17)21(25)16-8-19-12-26-13-20(9-16)24(19)11-14-4-2-1-3-5-14/h1-7,10,16,19-20H,8-9,11-13H2. The molecule has 0 aliphatic carbocycles. The van der Waals surface area contributed by atoms with E-state index in [0.29, 0.717) is 26.1 Å². The average Bonchev–Trinajstić information content (AvgIpc) is 2.61. The summed E-state index contributed by atoms with van der Waals surface area (Å²) in [6.07, 6.45) is 1.31. The van der Waals surface area contributed by atoms with Crippen molar-refractivity contribution in [3.05, 3.63) is 71.3 Å². The number of fused-ring (bicyclic) bond motifs is 2. The number of nitrogens with zero attached hydrogens (tertiary/aromatic N) is 1. The maximum atomic E-state index is 13.5. The van der Waals surface area contributed by atoms with Crippen LogP contribution in [0.2, 0.25) is 0 Å². The Balaban J connectivity index is 1.51. The van der Waals surface area contributed by atoms with Gasteiger partial charge in [0, 0.05) is 36.2 Å². The fraction of sp³-hybridized carbons (Fsp3) is 0.381. The van der Waals surface area contributed by atoms with Gasteiger partial charge in [0.05, 0.1) is 13.2 Å². The summed E-state index contributed by atoms with van der Waals surface area (Å²) in [5, 5.41) is 0. The van der Waals surface area contributed by atoms with Crippen molar-refractivity contribution in [1.29, 1.82) is 0 Å². The van der Waals surface area contributed by atoms with Crippen molar-refractivity contribution in [1.82, 2.24) is 4.90 Å². The number of halogens is 2. The molecule has 26 heavy (non-hydrogen) atoms. The first-order valence-corrected chi connectivity index (χ1v) is 8.98. The first-order valence-electron chi connectivity index (χ1n) is 8.98. The van der Waals surface area contributed by atoms with Gasteiger partial charge in [-0.1, -0.05) is 30.3 Å². The minimum Gasteiger partial charge on any atom is -0.378 e. The summed E-state index contributed by atoms with van der Waals surface area (Å²) in [4.78, 5) is 15.2. The fourth-order valence-electron chi connectivity index (χ4n) is 4.19. The molecule has 0 aromatic heterocycles. The number of hydrogen-bond acceptors (Lipinski definition) is 3. The van der Waals surface area contributed by atoms with Crippen molar-refractivity contribution in [2.24, 2.45) is 5.92 Å². The molecule has 2 aliphatic heterocycles. The molecular formula is C21H21F2NO2. The van der Waals surface area contributed by atoms with Crippen LogP contribution in [0.15, 0.2) is 48.5 Å². The molecule has 136 valence electrons. The van der Waals surface area contributed by atoms with Gasteiger partial charge in [-0.2, -0.15) is 0 Å². The van der Waals surface area contributed by atoms with Gasteiger partial charge in [0.15, 0.2) is 5.78 Å². The van der Waals surface area contributed by atoms with Gasteiger partial charge in [-0.15, -0.1) is 0 Å². The average molecular weight is 357 g/mol. The van der Waals surface area contributed by atoms with E-state index in [1.54, 1.807) is 0 Å². The SMILES string of the molecule is O=C(c1cc(F)cc(F)c1)C1CC2COCC(C1)N2Cc1ccccc1. The first kappa shape index (κ1) is 17.3. The molecule has 2 unspecified atom stereocenters. The van der Waals surface area contributed by atoms with E-state index >= 15 is 0 Å². The van der Waals surface area contributed by atoms with E-state index in [-0.39, 0.29) is 29.3 Å². The van der Waals surface area contributed by atoms with Crippen LogP contribution in [0.1, 0.15) is 28.8 Å². The second kappa shape index (κ2) is 7.25. The number of ether oxygens (including phenoxy) is 1. The molecule has 0 N–H and O–H groups in total. The van der Waals surface area contributed by atoms with Gasteiger partial charge < -0.3 is 4.74 Å². The van der Waals surface area contributed by atoms with Crippen LogP contribution in [0, 0.1) is 17.6 Å². The van der Waals surface area contributed by atoms with E-state index in [2.05, 4.69) is 17.0 Å². The minimum absolute atomic E-state index is 0.128. The molecule has 0 saturated carbocycles. The van der Waals surface area contributed by atoms with Crippen LogP contribution in [0.3, 0.4) is 0 Å². The summed E-state index contributed by atoms with van der Waals surface area (Å²) < 4.78 is 32.6. The lowest BCUT2D eigenvalue weighted by Gasteiger charge is -2.48. The lowest BCUT2D eigenvalue weighted by Crippen LogP contribution is -2.57. The summed E-state index contributed by atoms with van der Waals surface area (Å²) in [5.41, 5.74) is 1.37. The third-order valence-corrected chi connectivity index (χ3v) is 5.40. The van der Waals surface area contributed by atoms with Crippen molar-refractivity contribution in [3.8, 4) is 0 Å². The molecule has 0 amide bonds. The molecule has 2 atom stereocenters. The summed E-state index contributed by atoms with van der Waals surface area (Å²) in [7, 11) is 0. The van der Waals surface area contributed by atoms with Crippen LogP contribution in [-0.4, -0.2) is 36.0 Å². The smallest absolute Gasteiger partial charge is 0.166 e. The summed E-state index contributed by atoms with van der Waals surface area (Å²) in [5.74, 6) is -1.81. The van der Waals surface area contributed by atoms with Crippen molar-refractivity contribution in [3.63, 3.8) is 0 Å². The second-order valence-electron chi connectivity index (χ2n) is 7.19. The monoisotopic (exact) mass is 357 g/mol. The Kier molecular flexibility index (Phi) is 4.83. The number of carbonyl (C=O) groups excluding carboxylic acids is 1. The summed E-state index contributed by atoms with van der Waals surface area (Å²) in [6.45, 7) is 2.00. The maximum Gasteiger partial charge on any atom is 0.166 e. The van der Waals surface area contributed by atoms with Crippen LogP contribution in [0.5, 0.6) is 0 Å². The second-order valence-corrected chi connectivity index (χ2v) is 7.19. The number of hydrogen-bond donors (Lipinski definition) is 0. The Labute approximate surface area is 151 Å². The largest absolute Gasteiger partial charge is 0.378 e. The highest BCUT2D eigenvalue weighted by Crippen LogP contribution is 2.34. The Morgan fingerprint density at radius 1 is 1.00 bits per heavy atom. The van der Waals surface area contributed by atoms with Crippen molar-refractivity contribution in [2.75, 3.05) is 13.2 Å². The van der Waals surface area contributed by atoms with Gasteiger partial charge in [0.2, 0.25) is 0 Å². The zero-order chi connectivity index (χ0) is 18.1. The number of Topliss-reactive ketones (excluding diaryl/α,β-unsaturated/α-hetero) is 1. The van der Waals surface area contributed by atoms with Gasteiger partial charge >= 0.3 is 0 Å². The zero-order valence-electron chi connectivity index (χ0n) is 14.4. The molecule has 2 fully saturated rings. The van der Waals surface area contributed by atoms with Crippen molar-refractivity contribution < 1.29 is 18.3 Å². The van der Waals surface area contributed by atoms with Crippen LogP contribution in [0.4, 0.5) is 8.78 Å². The topological polar surface area (TPSA) is 29.5 Å². The number of ketones is 1. The van der Waals surface area contributed by atoms with Crippen LogP contribution < -0.4 is 0 Å². The van der Waals surface area contributed by atoms with Gasteiger partial charge in [0.1, 0.15) is 11.6 Å². The minimum atomic E-state index is -0.710. The first-order chi connectivity index (χ1) is 12.6. The van der Waals surface area contributed by atoms with Crippen LogP contribution in [-0.2, 0) is 11.3 Å². The number of piperidine rings is 1. The van der Waals surface area contributed by atoms with E-state index < -0.39 is 11.6 Å². The summed E-state index contributed by atoms with van der Waals surface area (Å²) >= 11 is 0. The van der Waals surface area contributed by atoms with Crippen molar-refractivity contribution in [2.45, 2.75) is 31.5 Å². The van der Waals surface area contributed by atoms with Gasteiger partial charge in [-0.05, 0) is 30.5 Å². The Morgan fingerprint density at radius 3 is 2.23 bits per heavy atom. The highest BCUT2D eigenvalue weighted by Gasteiger charge is 2.41. The normalized spacial score (nSPS) is 25.8. The fourth-order valence-corrected chi connectivity index (χ4v) is 4.19. The van der Waals surface area contributed by atoms with E-state index in [1.165, 1.54) is 5.56 Å². The van der Waals surface area contributed by atoms with E-state index in [4.69, 9.17) is 4.74 Å². The van der Waals surface area contributed by atoms with Gasteiger partial charge in [0.25, 0.3) is 0 Å². The Bertz CT molecular complexity index is 762. The Hall–Kier alpha value is -2.11. The molecule has 2 aliphatic rings. The van der Waals surface area contributed by atoms with Gasteiger partial charge in [-0.25, -0.2) is 8.78 Å². The van der Waals surface area contributed by atoms with E-state index in [0.717, 1.165) is 24.7 Å². The molecule has 4 rings (SSSR count). The predicted molar refractivity (Wildman–Crippen MR) is 93.8 cm³/mol. The van der Waals surface area contributed by atoms with Gasteiger partial charge in [-0.3, -0.25) is 9.69 Å². The maximum absolute atomic E-state index is 13.5. The molecule has 0 radical (unpaired) electrons. The number of benzene rings is 2. The van der Waals surface area contributed by atoms with E-state index in [1.807, 2.05) is 18.2 Å². The third kappa shape index (κ3) is 3.55. The molecule has 2 aromatic rings. The van der Waals surface area contributed by atoms with Crippen molar-refractivity contribution >= 4 is 5.78 Å². The lowest BCUT2D eigenvalue weighted by atomic mass is 9.80. The third-order valence-electron chi connectivity index (χ3n) is 5.40. The highest BCUT2D eigenvalue weighted by molar-refractivity contribution is 5.98. The molecule has 2 heterocycles. The molecule has 2 bridgehead atoms. The lowest BCUT2D eigenvalue weighted by molar-refractivity contribution is -0.0872. The van der Waals surface area contributed by atoms with Crippen LogP contribution in [0.25, 0.3) is 0 Å². The molecule has 2 saturated heterocycles.